The Hall–Kier alpha value is -5.19. The zero-order valence-electron chi connectivity index (χ0n) is 28.4. The van der Waals surface area contributed by atoms with Crippen molar-refractivity contribution >= 4 is 22.8 Å². The lowest BCUT2D eigenvalue weighted by molar-refractivity contribution is -0.131. The second-order valence-electron chi connectivity index (χ2n) is 12.5. The minimum absolute atomic E-state index is 0.0320. The summed E-state index contributed by atoms with van der Waals surface area (Å²) in [6.07, 6.45) is 12.8. The van der Waals surface area contributed by atoms with Gasteiger partial charge in [0.05, 0.1) is 24.8 Å². The fraction of sp³-hybridized carbons (Fsp3) is 0.395. The van der Waals surface area contributed by atoms with Gasteiger partial charge in [0.2, 0.25) is 5.91 Å². The Bertz CT molecular complexity index is 1850. The van der Waals surface area contributed by atoms with Crippen molar-refractivity contribution in [3.05, 3.63) is 90.3 Å². The van der Waals surface area contributed by atoms with E-state index in [0.717, 1.165) is 60.3 Å². The van der Waals surface area contributed by atoms with Crippen LogP contribution >= 0.6 is 0 Å². The van der Waals surface area contributed by atoms with E-state index in [1.54, 1.807) is 19.5 Å². The van der Waals surface area contributed by atoms with Crippen molar-refractivity contribution in [3.63, 3.8) is 0 Å². The van der Waals surface area contributed by atoms with Crippen molar-refractivity contribution in [2.75, 3.05) is 39.9 Å². The number of rotatable bonds is 7. The first-order chi connectivity index (χ1) is 24.0. The van der Waals surface area contributed by atoms with Crippen molar-refractivity contribution in [1.82, 2.24) is 34.3 Å². The van der Waals surface area contributed by atoms with Crippen LogP contribution in [-0.2, 0) is 17.8 Å². The van der Waals surface area contributed by atoms with Gasteiger partial charge in [0, 0.05) is 75.1 Å². The van der Waals surface area contributed by atoms with Crippen LogP contribution in [0.3, 0.4) is 0 Å². The third-order valence-corrected chi connectivity index (χ3v) is 9.00. The summed E-state index contributed by atoms with van der Waals surface area (Å²) >= 11 is 0. The summed E-state index contributed by atoms with van der Waals surface area (Å²) in [5.41, 5.74) is 4.39. The number of benzene rings is 2. The minimum atomic E-state index is -0.0320. The third kappa shape index (κ3) is 8.65. The summed E-state index contributed by atoms with van der Waals surface area (Å²) in [6.45, 7) is 5.23. The molecule has 256 valence electrons. The van der Waals surface area contributed by atoms with E-state index in [-0.39, 0.29) is 11.8 Å². The maximum absolute atomic E-state index is 14.0. The molecule has 1 aliphatic heterocycles. The van der Waals surface area contributed by atoms with Gasteiger partial charge >= 0.3 is 0 Å². The maximum Gasteiger partial charge on any atom is 0.253 e. The number of pyridine rings is 1. The number of aryl methyl sites for hydroxylation is 2. The van der Waals surface area contributed by atoms with Crippen LogP contribution in [0.15, 0.2) is 73.3 Å². The van der Waals surface area contributed by atoms with Crippen LogP contribution in [0.5, 0.6) is 11.5 Å². The molecule has 6 rings (SSSR count). The molecule has 1 aliphatic rings. The molecular weight excluding hydrogens is 618 g/mol. The molecule has 11 nitrogen and oxygen atoms in total. The Morgan fingerprint density at radius 1 is 0.939 bits per heavy atom. The predicted molar refractivity (Wildman–Crippen MR) is 189 cm³/mol. The Balaban J connectivity index is 1.19. The summed E-state index contributed by atoms with van der Waals surface area (Å²) in [5, 5.41) is 0. The van der Waals surface area contributed by atoms with Gasteiger partial charge in [0.1, 0.15) is 11.6 Å². The maximum atomic E-state index is 14.0. The highest BCUT2D eigenvalue weighted by Gasteiger charge is 2.20. The number of fused-ring (bicyclic) bond motifs is 5. The first-order valence-corrected chi connectivity index (χ1v) is 17.2. The first-order valence-electron chi connectivity index (χ1n) is 17.2. The largest absolute Gasteiger partial charge is 0.493 e. The molecule has 49 heavy (non-hydrogen) atoms. The van der Waals surface area contributed by atoms with E-state index in [9.17, 15) is 9.59 Å². The van der Waals surface area contributed by atoms with Gasteiger partial charge in [0.25, 0.3) is 5.91 Å². The van der Waals surface area contributed by atoms with Crippen LogP contribution in [-0.4, -0.2) is 86.0 Å². The minimum Gasteiger partial charge on any atom is -0.493 e. The first kappa shape index (κ1) is 33.7. The average molecular weight is 664 g/mol. The number of methoxy groups -OCH3 is 1. The lowest BCUT2D eigenvalue weighted by Gasteiger charge is -2.26. The molecule has 0 fully saturated rings. The standard InChI is InChI=1S/C38H45N7O4/c1-28-41-32-14-12-31(25-33(32)42-28)38(47)45-19-6-5-18-43(36(46)11-4-3-9-29-10-7-16-39-27-29)20-8-24-49-35-26-30(13-15-34(35)48-2)37-40-17-21-44(37)22-23-45/h7,10,12-17,21,25-27H,3-6,8-9,11,18-20,22-24H2,1-2H3,(H,41,42). The van der Waals surface area contributed by atoms with Gasteiger partial charge in [-0.25, -0.2) is 9.97 Å². The number of aromatic amines is 1. The smallest absolute Gasteiger partial charge is 0.253 e. The number of aromatic nitrogens is 5. The molecule has 0 aliphatic carbocycles. The number of hydrogen-bond acceptors (Lipinski definition) is 7. The highest BCUT2D eigenvalue weighted by molar-refractivity contribution is 5.97. The van der Waals surface area contributed by atoms with E-state index < -0.39 is 0 Å². The molecule has 2 amide bonds. The highest BCUT2D eigenvalue weighted by Crippen LogP contribution is 2.32. The fourth-order valence-electron chi connectivity index (χ4n) is 6.39. The number of ether oxygens (including phenoxy) is 2. The van der Waals surface area contributed by atoms with Crippen molar-refractivity contribution < 1.29 is 19.1 Å². The number of amides is 2. The van der Waals surface area contributed by atoms with E-state index in [1.165, 1.54) is 5.56 Å². The summed E-state index contributed by atoms with van der Waals surface area (Å²) in [7, 11) is 1.63. The Morgan fingerprint density at radius 2 is 1.80 bits per heavy atom. The van der Waals surface area contributed by atoms with Crippen molar-refractivity contribution in [1.29, 1.82) is 0 Å². The van der Waals surface area contributed by atoms with E-state index in [4.69, 9.17) is 9.47 Å². The quantitative estimate of drug-likeness (QED) is 0.210. The number of hydrogen-bond donors (Lipinski definition) is 1. The molecule has 3 aromatic heterocycles. The van der Waals surface area contributed by atoms with Gasteiger partial charge in [-0.05, 0) is 93.5 Å². The monoisotopic (exact) mass is 663 g/mol. The van der Waals surface area contributed by atoms with Crippen molar-refractivity contribution in [3.8, 4) is 22.9 Å². The lowest BCUT2D eigenvalue weighted by Crippen LogP contribution is -2.36. The molecule has 0 unspecified atom stereocenters. The lowest BCUT2D eigenvalue weighted by atomic mass is 10.1. The van der Waals surface area contributed by atoms with E-state index in [0.29, 0.717) is 69.2 Å². The molecule has 0 saturated carbocycles. The molecule has 0 saturated heterocycles. The van der Waals surface area contributed by atoms with Crippen LogP contribution in [0, 0.1) is 6.92 Å². The molecule has 1 N–H and O–H groups in total. The SMILES string of the molecule is COc1ccc2cc1OCCCN(C(=O)CCCCc1cccnc1)CCCCN(C(=O)c1ccc3nc(C)[nH]c3c1)CCn1ccnc1-2. The zero-order valence-corrected chi connectivity index (χ0v) is 28.4. The van der Waals surface area contributed by atoms with Crippen LogP contribution < -0.4 is 9.47 Å². The molecule has 2 aromatic carbocycles. The number of imidazole rings is 2. The molecule has 4 heterocycles. The van der Waals surface area contributed by atoms with E-state index in [1.807, 2.05) is 71.6 Å². The van der Waals surface area contributed by atoms with Crippen LogP contribution in [0.4, 0.5) is 0 Å². The molecular formula is C38H45N7O4. The predicted octanol–water partition coefficient (Wildman–Crippen LogP) is 6.09. The van der Waals surface area contributed by atoms with E-state index in [2.05, 4.69) is 30.6 Å². The molecule has 2 bridgehead atoms. The van der Waals surface area contributed by atoms with Crippen LogP contribution in [0.25, 0.3) is 22.4 Å². The normalized spacial score (nSPS) is 14.6. The molecule has 5 aromatic rings. The van der Waals surface area contributed by atoms with Gasteiger partial charge in [-0.15, -0.1) is 0 Å². The summed E-state index contributed by atoms with van der Waals surface area (Å²) in [4.78, 5) is 47.9. The second-order valence-corrected chi connectivity index (χ2v) is 12.5. The number of unbranched alkanes of at least 4 members (excludes halogenated alkanes) is 1. The number of nitrogens with one attached hydrogen (secondary N) is 1. The molecule has 0 atom stereocenters. The third-order valence-electron chi connectivity index (χ3n) is 9.00. The number of H-pyrrole nitrogens is 1. The Morgan fingerprint density at radius 3 is 2.63 bits per heavy atom. The van der Waals surface area contributed by atoms with Crippen LogP contribution in [0.2, 0.25) is 0 Å². The number of carbonyl (C=O) groups is 2. The molecule has 0 radical (unpaired) electrons. The summed E-state index contributed by atoms with van der Waals surface area (Å²) < 4.78 is 13.9. The highest BCUT2D eigenvalue weighted by atomic mass is 16.5. The second kappa shape index (κ2) is 16.3. The van der Waals surface area contributed by atoms with Gasteiger partial charge < -0.3 is 28.8 Å². The van der Waals surface area contributed by atoms with Crippen molar-refractivity contribution in [2.45, 2.75) is 58.4 Å². The summed E-state index contributed by atoms with van der Waals surface area (Å²) in [6, 6.07) is 15.5. The molecule has 11 heteroatoms. The fourth-order valence-corrected chi connectivity index (χ4v) is 6.39. The Kier molecular flexibility index (Phi) is 11.2. The topological polar surface area (TPSA) is 118 Å². The molecule has 0 spiro atoms. The average Bonchev–Trinajstić information content (AvgIpc) is 3.75. The van der Waals surface area contributed by atoms with Crippen LogP contribution in [0.1, 0.15) is 60.3 Å². The van der Waals surface area contributed by atoms with Crippen molar-refractivity contribution in [2.24, 2.45) is 0 Å². The van der Waals surface area contributed by atoms with Gasteiger partial charge in [-0.1, -0.05) is 6.07 Å². The number of carbonyl (C=O) groups excluding carboxylic acids is 2. The van der Waals surface area contributed by atoms with Gasteiger partial charge in [0.15, 0.2) is 11.5 Å². The number of nitrogens with zero attached hydrogens (tertiary/aromatic N) is 6. The zero-order chi connectivity index (χ0) is 34.0. The van der Waals surface area contributed by atoms with Gasteiger partial charge in [-0.3, -0.25) is 14.6 Å². The van der Waals surface area contributed by atoms with Gasteiger partial charge in [-0.2, -0.15) is 0 Å². The van der Waals surface area contributed by atoms with E-state index >= 15 is 0 Å². The Labute approximate surface area is 287 Å². The summed E-state index contributed by atoms with van der Waals surface area (Å²) in [5.74, 6) is 3.00.